The van der Waals surface area contributed by atoms with Crippen molar-refractivity contribution < 1.29 is 102 Å². The molecule has 43 heteroatoms. The van der Waals surface area contributed by atoms with Gasteiger partial charge >= 0.3 is 11.9 Å². The molecule has 2 aromatic carbocycles. The summed E-state index contributed by atoms with van der Waals surface area (Å²) >= 11 is 0. The zero-order chi connectivity index (χ0) is 88.9. The quantitative estimate of drug-likeness (QED) is 0.0373. The molecule has 0 unspecified atom stereocenters. The van der Waals surface area contributed by atoms with Gasteiger partial charge in [0, 0.05) is 102 Å². The van der Waals surface area contributed by atoms with E-state index in [1.54, 1.807) is 102 Å². The smallest absolute Gasteiger partial charge is 0.305 e. The molecule has 2 bridgehead atoms. The van der Waals surface area contributed by atoms with Crippen LogP contribution in [0, 0.1) is 17.8 Å². The summed E-state index contributed by atoms with van der Waals surface area (Å²) in [5.41, 5.74) is 8.73. The normalized spacial score (nSPS) is 26.9. The van der Waals surface area contributed by atoms with Gasteiger partial charge in [-0.15, -0.1) is 0 Å². The number of H-pyrrole nitrogens is 3. The number of carbonyl (C=O) groups excluding carboxylic acids is 15. The molecule has 5 aromatic rings. The Balaban J connectivity index is 1.15. The summed E-state index contributed by atoms with van der Waals surface area (Å²) in [7, 11) is 1.46. The molecule has 0 spiro atoms. The van der Waals surface area contributed by atoms with Gasteiger partial charge in [-0.3, -0.25) is 81.5 Å². The number of nitrogens with two attached hydrogens (primary N) is 1. The highest BCUT2D eigenvalue weighted by Gasteiger charge is 2.48. The predicted molar refractivity (Wildman–Crippen MR) is 442 cm³/mol. The third-order valence-electron chi connectivity index (χ3n) is 21.2. The lowest BCUT2D eigenvalue weighted by Crippen LogP contribution is -2.63. The molecule has 0 radical (unpaired) electrons. The first-order valence-electron chi connectivity index (χ1n) is 40.3. The van der Waals surface area contributed by atoms with Crippen molar-refractivity contribution in [2.45, 2.75) is 216 Å². The number of benzene rings is 2. The van der Waals surface area contributed by atoms with Crippen LogP contribution in [0.3, 0.4) is 0 Å². The van der Waals surface area contributed by atoms with Crippen LogP contribution in [-0.2, 0) is 101 Å². The number of aliphatic hydroxyl groups excluding tert-OH is 2. The maximum absolute atomic E-state index is 15.5. The highest BCUT2D eigenvalue weighted by atomic mass is 33.1. The average Bonchev–Trinajstić information content (AvgIpc) is 1.63. The maximum Gasteiger partial charge on any atom is 0.305 e. The molecule has 9 rings (SSSR count). The van der Waals surface area contributed by atoms with Crippen molar-refractivity contribution in [1.82, 2.24) is 98.9 Å². The fourth-order valence-corrected chi connectivity index (χ4v) is 17.2. The van der Waals surface area contributed by atoms with Gasteiger partial charge in [-0.2, -0.15) is 0 Å². The van der Waals surface area contributed by atoms with E-state index in [0.717, 1.165) is 31.4 Å². The standard InChI is InChI=1S/C79H108N20O21S2/c1-37(2)21-50-66(107)84-31-61(102)86-49(18-19-62(103)104)67(108)88-51(22-38(3)4)72(113)96-64(39(5)6)77(118)92-53(24-42-29-83-48-16-11-9-14-46(42)48)69(110)95-58-35-122-121-34-57(94-71(112)55(27-63(105)106)91-76(117)60-25-43(80)32-99(60)78(119)59-17-12-20-98(59)79(120)65(40(7)101)97-75(58)116)74(115)93-56(33-100)73(114)89-52(23-41-28-82-47-15-10-8-13-45(41)47)68(109)90-54(70(111)87-50)26-44-30-81-36-85-44/h8-11,13-16,28-30,36-40,43,49-60,64-65,82-83,100-101H,12,17-27,31-35,80H2,1-7H3,(H,81,85)(H,84,107)(H,86,102)(H,87,111)(H,88,108)(H,89,114)(H,90,109)(H,91,117)(H,92,118)(H,93,115)(H,94,112)(H,95,110)(H,96,113)(H,97,116)(H,103,104)(H,105,106)/t40-,43+,49+,50+,51+,52+,53+,54+,55+,56+,57+,58+,59-,60+,64+,65+/m1/s1. The average molecular weight is 1740 g/mol. The summed E-state index contributed by atoms with van der Waals surface area (Å²) in [5.74, 6) is -21.7. The number of nitrogens with zero attached hydrogens (tertiary/aromatic N) is 3. The van der Waals surface area contributed by atoms with Crippen LogP contribution in [0.1, 0.15) is 117 Å². The molecule has 662 valence electrons. The van der Waals surface area contributed by atoms with Crippen molar-refractivity contribution in [3.63, 3.8) is 0 Å². The lowest BCUT2D eigenvalue weighted by atomic mass is 9.98. The van der Waals surface area contributed by atoms with Gasteiger partial charge < -0.3 is 120 Å². The number of carboxylic acid groups (broad SMARTS) is 2. The number of aliphatic carboxylic acids is 2. The number of imidazole rings is 1. The molecule has 0 aliphatic carbocycles. The third-order valence-corrected chi connectivity index (χ3v) is 23.6. The van der Waals surface area contributed by atoms with Crippen LogP contribution in [0.5, 0.6) is 0 Å². The molecule has 122 heavy (non-hydrogen) atoms. The van der Waals surface area contributed by atoms with E-state index in [9.17, 15) is 78.0 Å². The van der Waals surface area contributed by atoms with E-state index in [-0.39, 0.29) is 82.0 Å². The van der Waals surface area contributed by atoms with Crippen LogP contribution in [-0.4, -0.2) is 285 Å². The second kappa shape index (κ2) is 43.7. The zero-order valence-electron chi connectivity index (χ0n) is 68.4. The third kappa shape index (κ3) is 25.7. The van der Waals surface area contributed by atoms with Crippen LogP contribution >= 0.6 is 21.6 Å². The number of carbonyl (C=O) groups is 17. The Hall–Kier alpha value is -11.7. The number of nitrogens with one attached hydrogen (secondary N) is 16. The minimum Gasteiger partial charge on any atom is -0.481 e. The topological polar surface area (TPSA) is 620 Å². The van der Waals surface area contributed by atoms with Crippen molar-refractivity contribution in [2.75, 3.05) is 37.7 Å². The molecule has 0 saturated carbocycles. The summed E-state index contributed by atoms with van der Waals surface area (Å²) in [6, 6.07) is -10.9. The number of para-hydroxylation sites is 2. The number of aliphatic hydroxyl groups is 2. The highest BCUT2D eigenvalue weighted by Crippen LogP contribution is 2.29. The minimum absolute atomic E-state index is 0.00165. The van der Waals surface area contributed by atoms with Crippen LogP contribution in [0.4, 0.5) is 0 Å². The summed E-state index contributed by atoms with van der Waals surface area (Å²) < 4.78 is 0. The number of carboxylic acids is 2. The van der Waals surface area contributed by atoms with Gasteiger partial charge in [-0.1, -0.05) is 99.5 Å². The van der Waals surface area contributed by atoms with Crippen molar-refractivity contribution in [1.29, 1.82) is 0 Å². The number of aromatic amines is 3. The molecule has 15 amide bonds. The molecular formula is C79H108N20O21S2. The Morgan fingerprint density at radius 2 is 0.992 bits per heavy atom. The molecule has 41 nitrogen and oxygen atoms in total. The van der Waals surface area contributed by atoms with E-state index in [0.29, 0.717) is 32.9 Å². The molecule has 22 N–H and O–H groups in total. The van der Waals surface area contributed by atoms with Crippen molar-refractivity contribution >= 4 is 144 Å². The number of amides is 15. The second-order valence-corrected chi connectivity index (χ2v) is 34.5. The van der Waals surface area contributed by atoms with Crippen LogP contribution in [0.15, 0.2) is 73.4 Å². The SMILES string of the molecule is CC(C)C[C@@H]1NC(=O)[C@H](Cc2cnc[nH]2)NC(=O)[C@H](Cc2c[nH]c3ccccc23)NC(=O)[C@H](CO)NC(=O)[C@@H]2CSSC[C@H](NC(=O)[C@H](Cc3c[nH]c4ccccc34)NC(=O)[C@H](C(C)C)NC(=O)[C@H](CC(C)C)NC(=O)[C@H](CCC(=O)O)NC(=O)CNC1=O)C(=O)N[C@@H]([C@@H](C)O)C(=O)N1CCC[C@@H]1C(=O)N1C[C@@H](N)C[C@H]1C(=O)N[C@@H](CC(=O)O)C(=O)N2. The van der Waals surface area contributed by atoms with Crippen LogP contribution in [0.25, 0.3) is 21.8 Å². The summed E-state index contributed by atoms with van der Waals surface area (Å²) in [6.07, 6.45) is 0.311. The molecule has 4 fully saturated rings. The zero-order valence-corrected chi connectivity index (χ0v) is 70.0. The van der Waals surface area contributed by atoms with Crippen LogP contribution < -0.4 is 74.9 Å². The van der Waals surface area contributed by atoms with Gasteiger partial charge in [0.25, 0.3) is 0 Å². The lowest BCUT2D eigenvalue weighted by Gasteiger charge is -2.34. The maximum atomic E-state index is 15.5. The Morgan fingerprint density at radius 1 is 0.508 bits per heavy atom. The first-order chi connectivity index (χ1) is 58.0. The predicted octanol–water partition coefficient (Wildman–Crippen LogP) is -3.88. The van der Waals surface area contributed by atoms with Gasteiger partial charge in [0.2, 0.25) is 88.6 Å². The van der Waals surface area contributed by atoms with E-state index in [2.05, 4.69) is 89.1 Å². The Morgan fingerprint density at radius 3 is 1.52 bits per heavy atom. The Bertz CT molecular complexity index is 4650. The monoisotopic (exact) mass is 1740 g/mol. The first kappa shape index (κ1) is 94.2. The molecule has 4 aliphatic heterocycles. The second-order valence-electron chi connectivity index (χ2n) is 32.0. The van der Waals surface area contributed by atoms with Gasteiger partial charge in [0.05, 0.1) is 32.0 Å². The highest BCUT2D eigenvalue weighted by molar-refractivity contribution is 8.76. The van der Waals surface area contributed by atoms with Gasteiger partial charge in [0.15, 0.2) is 0 Å². The van der Waals surface area contributed by atoms with Crippen molar-refractivity contribution in [3.05, 3.63) is 90.3 Å². The number of rotatable bonds is 18. The van der Waals surface area contributed by atoms with Crippen molar-refractivity contribution in [3.8, 4) is 0 Å². The lowest BCUT2D eigenvalue weighted by molar-refractivity contribution is -0.149. The largest absolute Gasteiger partial charge is 0.481 e. The summed E-state index contributed by atoms with van der Waals surface area (Å²) in [6.45, 7) is 8.64. The van der Waals surface area contributed by atoms with Gasteiger partial charge in [-0.05, 0) is 86.5 Å². The van der Waals surface area contributed by atoms with E-state index in [1.165, 1.54) is 19.4 Å². The molecule has 16 atom stereocenters. The first-order valence-corrected chi connectivity index (χ1v) is 42.8. The van der Waals surface area contributed by atoms with Crippen molar-refractivity contribution in [2.24, 2.45) is 23.5 Å². The Kier molecular flexibility index (Phi) is 33.7. The minimum atomic E-state index is -2.04. The molecule has 3 aromatic heterocycles. The number of aromatic nitrogens is 4. The molecule has 7 heterocycles. The van der Waals surface area contributed by atoms with E-state index >= 15 is 24.0 Å². The molecule has 4 aliphatic rings. The number of hydrogen-bond donors (Lipinski definition) is 21. The van der Waals surface area contributed by atoms with E-state index < -0.39 is 247 Å². The van der Waals surface area contributed by atoms with E-state index in [4.69, 9.17) is 5.73 Å². The van der Waals surface area contributed by atoms with Crippen LogP contribution in [0.2, 0.25) is 0 Å². The fraction of sp³-hybridized carbons (Fsp3) is 0.544. The summed E-state index contributed by atoms with van der Waals surface area (Å²) in [4.78, 5) is 263. The molecular weight excluding hydrogens is 1630 g/mol. The van der Waals surface area contributed by atoms with Gasteiger partial charge in [-0.25, -0.2) is 4.98 Å². The van der Waals surface area contributed by atoms with E-state index in [1.807, 2.05) is 0 Å². The van der Waals surface area contributed by atoms with Gasteiger partial charge in [0.1, 0.15) is 84.6 Å². The molecule has 4 saturated heterocycles. The fourth-order valence-electron chi connectivity index (χ4n) is 14.8. The Labute approximate surface area is 708 Å². The number of fused-ring (bicyclic) bond motifs is 9. The summed E-state index contributed by atoms with van der Waals surface area (Å²) in [5, 5.41) is 77.0. The number of hydrogen-bond acceptors (Lipinski definition) is 23.